The quantitative estimate of drug-likeness (QED) is 0.0897. The lowest BCUT2D eigenvalue weighted by atomic mass is 9.95. The van der Waals surface area contributed by atoms with Crippen LogP contribution in [0.1, 0.15) is 45.0 Å². The number of ether oxygens (including phenoxy) is 2. The average molecular weight is 882 g/mol. The maximum atomic E-state index is 13.0. The first-order valence-corrected chi connectivity index (χ1v) is 18.4. The summed E-state index contributed by atoms with van der Waals surface area (Å²) >= 11 is 3.03. The van der Waals surface area contributed by atoms with Crippen molar-refractivity contribution in [2.45, 2.75) is 31.6 Å². The van der Waals surface area contributed by atoms with Crippen LogP contribution in [0.5, 0.6) is 17.2 Å². The Morgan fingerprint density at radius 1 is 0.800 bits per heavy atom. The van der Waals surface area contributed by atoms with Crippen molar-refractivity contribution < 1.29 is 47.8 Å². The van der Waals surface area contributed by atoms with Crippen LogP contribution in [0.2, 0.25) is 0 Å². The second-order valence-corrected chi connectivity index (χ2v) is 14.2. The standard InChI is InChI=1S/C20H16N4O5.C15H13N3O4.C5H4BrNO.CH4/c1-28-12-5-4-11-9-24(17(25)13(11)7-12)10-20(18(26)22-19(27)23-20)16-8-14-15(29-16)3-2-6-21-14;1-3-15(13(20)16-14(21)17-15)8-18-7-9-4-5-10(22-2)6-11(9)12(18)19;6-5-4(8)2-1-3-7-5;/h2-8H,9-10H2,1H3,(H2,22,23,26,27);1,4-6H,7-8H2,2H3,(H2,16,17,20,21);1-3,8H;1H4/t20-;15-;;/m01../s1. The number of aromatic nitrogens is 2. The first-order chi connectivity index (χ1) is 28.3. The summed E-state index contributed by atoms with van der Waals surface area (Å²) in [6.07, 6.45) is 8.62. The lowest BCUT2D eigenvalue weighted by Crippen LogP contribution is -2.54. The molecular weight excluding hydrogens is 844 g/mol. The third-order valence-electron chi connectivity index (χ3n) is 9.82. The van der Waals surface area contributed by atoms with Gasteiger partial charge in [-0.2, -0.15) is 0 Å². The fourth-order valence-corrected chi connectivity index (χ4v) is 7.07. The van der Waals surface area contributed by atoms with Crippen LogP contribution in [0.3, 0.4) is 0 Å². The number of amides is 8. The Morgan fingerprint density at radius 2 is 1.37 bits per heavy atom. The maximum Gasteiger partial charge on any atom is 0.323 e. The van der Waals surface area contributed by atoms with Crippen LogP contribution in [0.15, 0.2) is 88.1 Å². The third kappa shape index (κ3) is 7.87. The van der Waals surface area contributed by atoms with Crippen molar-refractivity contribution in [3.05, 3.63) is 112 Å². The van der Waals surface area contributed by atoms with E-state index in [9.17, 15) is 28.8 Å². The topological polar surface area (TPSA) is 235 Å². The molecule has 2 atom stereocenters. The van der Waals surface area contributed by atoms with E-state index in [2.05, 4.69) is 53.1 Å². The van der Waals surface area contributed by atoms with Gasteiger partial charge in [-0.05, 0) is 75.6 Å². The molecule has 308 valence electrons. The zero-order valence-corrected chi connectivity index (χ0v) is 32.8. The minimum absolute atomic E-state index is 0. The van der Waals surface area contributed by atoms with Crippen LogP contribution in [-0.4, -0.2) is 93.4 Å². The second kappa shape index (κ2) is 16.8. The number of nitrogens with one attached hydrogen (secondary N) is 4. The molecule has 5 aromatic rings. The summed E-state index contributed by atoms with van der Waals surface area (Å²) in [5.41, 5.74) is 0.628. The van der Waals surface area contributed by atoms with E-state index in [1.54, 1.807) is 73.1 Å². The minimum atomic E-state index is -1.54. The van der Waals surface area contributed by atoms with E-state index in [0.717, 1.165) is 11.1 Å². The van der Waals surface area contributed by atoms with E-state index in [1.807, 2.05) is 6.07 Å². The van der Waals surface area contributed by atoms with Gasteiger partial charge in [-0.3, -0.25) is 34.8 Å². The van der Waals surface area contributed by atoms with Crippen molar-refractivity contribution in [2.24, 2.45) is 0 Å². The summed E-state index contributed by atoms with van der Waals surface area (Å²) in [7, 11) is 3.05. The SMILES string of the molecule is C.C#C[C@]1(CN2Cc3ccc(OC)cc3C2=O)NC(=O)NC1=O.COc1ccc2c(c1)C(=O)N(C[C@@]1(c3cc4ncccc4o3)NC(=O)NC1=O)C2.Oc1cccnc1Br. The Bertz CT molecular complexity index is 2560. The number of halogens is 1. The molecule has 60 heavy (non-hydrogen) atoms. The first kappa shape index (κ1) is 42.2. The Hall–Kier alpha value is -7.46. The van der Waals surface area contributed by atoms with Gasteiger partial charge in [0.1, 0.15) is 33.1 Å². The summed E-state index contributed by atoms with van der Waals surface area (Å²) in [5.74, 6) is 2.13. The molecule has 18 nitrogen and oxygen atoms in total. The number of carbonyl (C=O) groups is 6. The minimum Gasteiger partial charge on any atom is -0.505 e. The molecule has 0 spiro atoms. The van der Waals surface area contributed by atoms with Crippen molar-refractivity contribution >= 4 is 62.7 Å². The summed E-state index contributed by atoms with van der Waals surface area (Å²) in [6, 6.07) is 17.4. The number of hydrogen-bond donors (Lipinski definition) is 5. The number of urea groups is 2. The zero-order valence-electron chi connectivity index (χ0n) is 31.2. The number of fused-ring (bicyclic) bond motifs is 3. The third-order valence-corrected chi connectivity index (χ3v) is 10.4. The maximum absolute atomic E-state index is 13.0. The number of rotatable bonds is 7. The van der Waals surface area contributed by atoms with Gasteiger partial charge in [0.05, 0.1) is 27.3 Å². The molecule has 0 bridgehead atoms. The fraction of sp³-hybridized carbons (Fsp3) is 0.220. The molecule has 2 saturated heterocycles. The van der Waals surface area contributed by atoms with Crippen LogP contribution in [0.25, 0.3) is 11.1 Å². The average Bonchev–Trinajstić information content (AvgIpc) is 4.02. The highest BCUT2D eigenvalue weighted by atomic mass is 79.9. The van der Waals surface area contributed by atoms with E-state index in [0.29, 0.717) is 51.4 Å². The number of hydrogen-bond acceptors (Lipinski definition) is 12. The lowest BCUT2D eigenvalue weighted by Gasteiger charge is -2.28. The zero-order chi connectivity index (χ0) is 42.1. The Balaban J connectivity index is 0.000000172. The summed E-state index contributed by atoms with van der Waals surface area (Å²) < 4.78 is 16.6. The Kier molecular flexibility index (Phi) is 11.8. The van der Waals surface area contributed by atoms with Crippen LogP contribution in [-0.2, 0) is 28.2 Å². The molecule has 2 aromatic carbocycles. The van der Waals surface area contributed by atoms with Crippen molar-refractivity contribution in [1.29, 1.82) is 0 Å². The van der Waals surface area contributed by atoms with Gasteiger partial charge >= 0.3 is 12.1 Å². The summed E-state index contributed by atoms with van der Waals surface area (Å²) in [5, 5.41) is 18.2. The predicted octanol–water partition coefficient (Wildman–Crippen LogP) is 3.58. The lowest BCUT2D eigenvalue weighted by molar-refractivity contribution is -0.125. The summed E-state index contributed by atoms with van der Waals surface area (Å²) in [6.45, 7) is 0.462. The molecule has 0 aliphatic carbocycles. The number of terminal acetylenes is 1. The molecule has 8 amide bonds. The van der Waals surface area contributed by atoms with E-state index in [-0.39, 0.29) is 43.8 Å². The molecule has 7 heterocycles. The summed E-state index contributed by atoms with van der Waals surface area (Å²) in [4.78, 5) is 84.4. The highest BCUT2D eigenvalue weighted by molar-refractivity contribution is 9.10. The van der Waals surface area contributed by atoms with E-state index >= 15 is 0 Å². The predicted molar refractivity (Wildman–Crippen MR) is 216 cm³/mol. The molecule has 0 saturated carbocycles. The van der Waals surface area contributed by atoms with Crippen LogP contribution < -0.4 is 30.7 Å². The number of nitrogens with zero attached hydrogens (tertiary/aromatic N) is 4. The number of furan rings is 1. The molecule has 2 fully saturated rings. The van der Waals surface area contributed by atoms with Gasteiger partial charge in [0, 0.05) is 42.7 Å². The number of methoxy groups -OCH3 is 2. The number of imide groups is 2. The van der Waals surface area contributed by atoms with E-state index in [1.165, 1.54) is 24.0 Å². The molecule has 4 aliphatic heterocycles. The van der Waals surface area contributed by atoms with Crippen molar-refractivity contribution in [1.82, 2.24) is 41.0 Å². The van der Waals surface area contributed by atoms with Crippen LogP contribution >= 0.6 is 15.9 Å². The Labute approximate surface area is 350 Å². The molecule has 4 aliphatic rings. The molecular formula is C41H37BrN8O10. The van der Waals surface area contributed by atoms with Crippen LogP contribution in [0, 0.1) is 12.3 Å². The van der Waals surface area contributed by atoms with Gasteiger partial charge in [-0.1, -0.05) is 25.5 Å². The largest absolute Gasteiger partial charge is 0.505 e. The fourth-order valence-electron chi connectivity index (χ4n) is 6.82. The smallest absolute Gasteiger partial charge is 0.323 e. The van der Waals surface area contributed by atoms with Gasteiger partial charge in [0.15, 0.2) is 16.7 Å². The molecule has 19 heteroatoms. The van der Waals surface area contributed by atoms with Gasteiger partial charge in [0.2, 0.25) is 0 Å². The highest BCUT2D eigenvalue weighted by Gasteiger charge is 2.53. The number of benzene rings is 2. The van der Waals surface area contributed by atoms with Gasteiger partial charge in [-0.15, -0.1) is 6.42 Å². The number of pyridine rings is 2. The Morgan fingerprint density at radius 3 is 1.85 bits per heavy atom. The van der Waals surface area contributed by atoms with E-state index in [4.69, 9.17) is 25.4 Å². The van der Waals surface area contributed by atoms with Gasteiger partial charge in [-0.25, -0.2) is 14.6 Å². The monoisotopic (exact) mass is 880 g/mol. The normalized spacial score (nSPS) is 19.6. The second-order valence-electron chi connectivity index (χ2n) is 13.5. The van der Waals surface area contributed by atoms with Crippen LogP contribution in [0.4, 0.5) is 9.59 Å². The van der Waals surface area contributed by atoms with E-state index < -0.39 is 35.0 Å². The number of aromatic hydroxyl groups is 1. The van der Waals surface area contributed by atoms with Crippen molar-refractivity contribution in [3.8, 4) is 29.6 Å². The molecule has 5 N–H and O–H groups in total. The molecule has 9 rings (SSSR count). The van der Waals surface area contributed by atoms with Crippen molar-refractivity contribution in [3.63, 3.8) is 0 Å². The molecule has 0 unspecified atom stereocenters. The number of carbonyl (C=O) groups excluding carboxylic acids is 6. The van der Waals surface area contributed by atoms with Crippen molar-refractivity contribution in [2.75, 3.05) is 27.3 Å². The molecule has 0 radical (unpaired) electrons. The first-order valence-electron chi connectivity index (χ1n) is 17.6. The molecule has 3 aromatic heterocycles. The highest BCUT2D eigenvalue weighted by Crippen LogP contribution is 2.35. The van der Waals surface area contributed by atoms with Gasteiger partial charge in [0.25, 0.3) is 23.6 Å². The van der Waals surface area contributed by atoms with Gasteiger partial charge < -0.3 is 39.4 Å².